The molecule has 0 atom stereocenters. The molecule has 5 nitrogen and oxygen atoms in total. The van der Waals surface area contributed by atoms with Gasteiger partial charge in [0.1, 0.15) is 16.5 Å². The number of hydrogen-bond acceptors (Lipinski definition) is 4. The van der Waals surface area contributed by atoms with Gasteiger partial charge in [-0.15, -0.1) is 0 Å². The molecule has 0 aliphatic heterocycles. The van der Waals surface area contributed by atoms with Gasteiger partial charge >= 0.3 is 0 Å². The molecule has 8 heteroatoms. The number of hydrogen-bond donors (Lipinski definition) is 2. The van der Waals surface area contributed by atoms with Crippen molar-refractivity contribution < 1.29 is 26.7 Å². The minimum absolute atomic E-state index is 0.00111. The Balaban J connectivity index is 2.16. The summed E-state index contributed by atoms with van der Waals surface area (Å²) in [4.78, 5) is -0.701. The highest BCUT2D eigenvalue weighted by molar-refractivity contribution is 7.89. The summed E-state index contributed by atoms with van der Waals surface area (Å²) in [6.07, 6.45) is 1.75. The third-order valence-corrected chi connectivity index (χ3v) is 4.32. The molecule has 0 unspecified atom stereocenters. The van der Waals surface area contributed by atoms with Crippen LogP contribution in [0.25, 0.3) is 0 Å². The number of rotatable bonds is 6. The second-order valence-corrected chi connectivity index (χ2v) is 5.96. The number of halogens is 2. The van der Waals surface area contributed by atoms with Crippen molar-refractivity contribution in [3.05, 3.63) is 53.5 Å². The van der Waals surface area contributed by atoms with Gasteiger partial charge in [0.15, 0.2) is 5.82 Å². The molecule has 2 N–H and O–H groups in total. The summed E-state index contributed by atoms with van der Waals surface area (Å²) in [6, 6.07) is 4.96. The van der Waals surface area contributed by atoms with Crippen molar-refractivity contribution in [3.63, 3.8) is 0 Å². The molecule has 0 saturated heterocycles. The van der Waals surface area contributed by atoms with E-state index in [9.17, 15) is 17.2 Å². The Bertz CT molecular complexity index is 714. The van der Waals surface area contributed by atoms with E-state index >= 15 is 0 Å². The molecule has 0 saturated carbocycles. The number of aliphatic hydroxyl groups excluding tert-OH is 1. The average Bonchev–Trinajstić information content (AvgIpc) is 2.92. The van der Waals surface area contributed by atoms with Crippen molar-refractivity contribution in [3.8, 4) is 0 Å². The van der Waals surface area contributed by atoms with Gasteiger partial charge in [-0.2, -0.15) is 0 Å². The highest BCUT2D eigenvalue weighted by Gasteiger charge is 2.23. The lowest BCUT2D eigenvalue weighted by molar-refractivity contribution is 0.267. The first-order valence-corrected chi connectivity index (χ1v) is 7.54. The minimum Gasteiger partial charge on any atom is -0.469 e. The number of aliphatic hydroxyl groups is 1. The molecule has 21 heavy (non-hydrogen) atoms. The van der Waals surface area contributed by atoms with E-state index in [-0.39, 0.29) is 6.54 Å². The number of sulfonamides is 1. The van der Waals surface area contributed by atoms with Gasteiger partial charge in [0.05, 0.1) is 18.4 Å². The van der Waals surface area contributed by atoms with Crippen LogP contribution in [0.1, 0.15) is 11.3 Å². The first-order chi connectivity index (χ1) is 9.95. The molecule has 1 aromatic carbocycles. The Morgan fingerprint density at radius 2 is 2.00 bits per heavy atom. The van der Waals surface area contributed by atoms with Crippen LogP contribution in [-0.4, -0.2) is 20.1 Å². The molecule has 0 aliphatic carbocycles. The number of nitrogens with one attached hydrogen (secondary N) is 1. The van der Waals surface area contributed by atoms with Crippen LogP contribution in [0.2, 0.25) is 0 Å². The second-order valence-electron chi connectivity index (χ2n) is 4.22. The van der Waals surface area contributed by atoms with Gasteiger partial charge in [-0.25, -0.2) is 21.9 Å². The Morgan fingerprint density at radius 1 is 1.24 bits per heavy atom. The molecule has 0 fully saturated rings. The average molecular weight is 317 g/mol. The molecule has 0 radical (unpaired) electrons. The summed E-state index contributed by atoms with van der Waals surface area (Å²) in [5.41, 5.74) is -0.677. The molecule has 0 spiro atoms. The van der Waals surface area contributed by atoms with E-state index in [0.717, 1.165) is 12.1 Å². The first-order valence-electron chi connectivity index (χ1n) is 6.05. The highest BCUT2D eigenvalue weighted by Crippen LogP contribution is 2.21. The van der Waals surface area contributed by atoms with Crippen molar-refractivity contribution in [2.75, 3.05) is 6.54 Å². The van der Waals surface area contributed by atoms with Crippen molar-refractivity contribution in [1.82, 2.24) is 4.72 Å². The van der Waals surface area contributed by atoms with Crippen molar-refractivity contribution in [2.45, 2.75) is 17.9 Å². The van der Waals surface area contributed by atoms with Gasteiger partial charge in [0.25, 0.3) is 0 Å². The van der Waals surface area contributed by atoms with Crippen molar-refractivity contribution in [1.29, 1.82) is 0 Å². The topological polar surface area (TPSA) is 79.5 Å². The smallest absolute Gasteiger partial charge is 0.243 e. The van der Waals surface area contributed by atoms with Crippen LogP contribution in [0.3, 0.4) is 0 Å². The third kappa shape index (κ3) is 3.46. The summed E-state index contributed by atoms with van der Waals surface area (Å²) in [7, 11) is -4.14. The molecule has 114 valence electrons. The first kappa shape index (κ1) is 15.6. The standard InChI is InChI=1S/C13H13F2NO4S/c14-11-3-4-12(13(15)10(11)8-17)21(18,19)16-6-5-9-2-1-7-20-9/h1-4,7,16-17H,5-6,8H2. The van der Waals surface area contributed by atoms with Crippen molar-refractivity contribution in [2.24, 2.45) is 0 Å². The van der Waals surface area contributed by atoms with Crippen LogP contribution in [0.15, 0.2) is 39.8 Å². The Hall–Kier alpha value is -1.77. The quantitative estimate of drug-likeness (QED) is 0.847. The normalized spacial score (nSPS) is 11.8. The fourth-order valence-electron chi connectivity index (χ4n) is 1.77. The Morgan fingerprint density at radius 3 is 2.62 bits per heavy atom. The van der Waals surface area contributed by atoms with E-state index in [1.165, 1.54) is 6.26 Å². The summed E-state index contributed by atoms with van der Waals surface area (Å²) in [5, 5.41) is 8.88. The molecule has 0 amide bonds. The zero-order chi connectivity index (χ0) is 15.5. The Kier molecular flexibility index (Phi) is 4.71. The fourth-order valence-corrected chi connectivity index (χ4v) is 2.90. The zero-order valence-electron chi connectivity index (χ0n) is 10.8. The van der Waals surface area contributed by atoms with Gasteiger partial charge in [-0.05, 0) is 24.3 Å². The third-order valence-electron chi connectivity index (χ3n) is 2.84. The molecular weight excluding hydrogens is 304 g/mol. The highest BCUT2D eigenvalue weighted by atomic mass is 32.2. The van der Waals surface area contributed by atoms with Crippen LogP contribution in [-0.2, 0) is 23.1 Å². The summed E-state index contributed by atoms with van der Waals surface area (Å²) < 4.78 is 58.3. The van der Waals surface area contributed by atoms with Crippen LogP contribution in [0.4, 0.5) is 8.78 Å². The summed E-state index contributed by atoms with van der Waals surface area (Å²) in [5.74, 6) is -1.71. The van der Waals surface area contributed by atoms with E-state index in [1.807, 2.05) is 0 Å². The molecule has 2 rings (SSSR count). The lowest BCUT2D eigenvalue weighted by Crippen LogP contribution is -2.27. The summed E-state index contributed by atoms with van der Waals surface area (Å²) in [6.45, 7) is -0.922. The van der Waals surface area contributed by atoms with Crippen LogP contribution in [0.5, 0.6) is 0 Å². The Labute approximate surface area is 120 Å². The predicted octanol–water partition coefficient (Wildman–Crippen LogP) is 1.57. The van der Waals surface area contributed by atoms with E-state index in [0.29, 0.717) is 12.2 Å². The van der Waals surface area contributed by atoms with Gasteiger partial charge in [0, 0.05) is 13.0 Å². The predicted molar refractivity (Wildman–Crippen MR) is 69.9 cm³/mol. The maximum absolute atomic E-state index is 13.9. The minimum atomic E-state index is -4.14. The van der Waals surface area contributed by atoms with Crippen LogP contribution < -0.4 is 4.72 Å². The maximum Gasteiger partial charge on any atom is 0.243 e. The van der Waals surface area contributed by atoms with Crippen LogP contribution in [0, 0.1) is 11.6 Å². The van der Waals surface area contributed by atoms with E-state index in [2.05, 4.69) is 4.72 Å². The molecular formula is C13H13F2NO4S. The molecule has 1 heterocycles. The molecule has 0 bridgehead atoms. The maximum atomic E-state index is 13.9. The van der Waals surface area contributed by atoms with E-state index < -0.39 is 38.7 Å². The van der Waals surface area contributed by atoms with Gasteiger partial charge in [-0.1, -0.05) is 0 Å². The van der Waals surface area contributed by atoms with Crippen molar-refractivity contribution >= 4 is 10.0 Å². The fraction of sp³-hybridized carbons (Fsp3) is 0.231. The van der Waals surface area contributed by atoms with E-state index in [4.69, 9.17) is 9.52 Å². The lowest BCUT2D eigenvalue weighted by Gasteiger charge is -2.09. The monoisotopic (exact) mass is 317 g/mol. The van der Waals surface area contributed by atoms with Crippen LogP contribution >= 0.6 is 0 Å². The van der Waals surface area contributed by atoms with E-state index in [1.54, 1.807) is 12.1 Å². The number of benzene rings is 1. The van der Waals surface area contributed by atoms with Gasteiger partial charge < -0.3 is 9.52 Å². The molecule has 1 aromatic heterocycles. The second kappa shape index (κ2) is 6.33. The largest absolute Gasteiger partial charge is 0.469 e. The summed E-state index contributed by atoms with van der Waals surface area (Å²) >= 11 is 0. The zero-order valence-corrected chi connectivity index (χ0v) is 11.7. The molecule has 2 aromatic rings. The molecule has 0 aliphatic rings. The SMILES string of the molecule is O=S(=O)(NCCc1ccco1)c1ccc(F)c(CO)c1F. The number of furan rings is 1. The van der Waals surface area contributed by atoms with Gasteiger partial charge in [-0.3, -0.25) is 0 Å². The lowest BCUT2D eigenvalue weighted by atomic mass is 10.2. The van der Waals surface area contributed by atoms with Gasteiger partial charge in [0.2, 0.25) is 10.0 Å².